The number of imide groups is 1. The van der Waals surface area contributed by atoms with Crippen molar-refractivity contribution >= 4 is 29.1 Å². The Hall–Kier alpha value is -1.69. The molecule has 2 aliphatic rings. The summed E-state index contributed by atoms with van der Waals surface area (Å²) >= 11 is 1.25. The van der Waals surface area contributed by atoms with E-state index < -0.39 is 12.0 Å². The number of thiophene rings is 1. The average molecular weight is 279 g/mol. The molecule has 3 rings (SSSR count). The van der Waals surface area contributed by atoms with E-state index >= 15 is 0 Å². The van der Waals surface area contributed by atoms with Crippen LogP contribution in [-0.4, -0.2) is 27.8 Å². The summed E-state index contributed by atoms with van der Waals surface area (Å²) in [5, 5.41) is 11.1. The molecule has 1 aromatic heterocycles. The van der Waals surface area contributed by atoms with Gasteiger partial charge in [-0.15, -0.1) is 11.3 Å². The van der Waals surface area contributed by atoms with Crippen LogP contribution >= 0.6 is 11.3 Å². The highest BCUT2D eigenvalue weighted by Gasteiger charge is 2.53. The van der Waals surface area contributed by atoms with Gasteiger partial charge in [0.15, 0.2) is 6.04 Å². The molecule has 5 nitrogen and oxygen atoms in total. The van der Waals surface area contributed by atoms with Gasteiger partial charge in [-0.2, -0.15) is 0 Å². The van der Waals surface area contributed by atoms with Gasteiger partial charge in [-0.1, -0.05) is 12.5 Å². The summed E-state index contributed by atoms with van der Waals surface area (Å²) in [7, 11) is 0. The van der Waals surface area contributed by atoms with Crippen molar-refractivity contribution in [3.05, 3.63) is 22.4 Å². The van der Waals surface area contributed by atoms with Crippen molar-refractivity contribution in [2.24, 2.45) is 11.8 Å². The van der Waals surface area contributed by atoms with Crippen molar-refractivity contribution < 1.29 is 19.5 Å². The second kappa shape index (κ2) is 4.45. The largest absolute Gasteiger partial charge is 0.479 e. The van der Waals surface area contributed by atoms with Crippen LogP contribution < -0.4 is 0 Å². The van der Waals surface area contributed by atoms with Gasteiger partial charge in [0.05, 0.1) is 11.8 Å². The molecular formula is C13H13NO4S. The molecule has 100 valence electrons. The van der Waals surface area contributed by atoms with E-state index in [2.05, 4.69) is 0 Å². The first kappa shape index (κ1) is 12.3. The molecule has 0 bridgehead atoms. The highest BCUT2D eigenvalue weighted by molar-refractivity contribution is 7.10. The number of carboxylic acid groups (broad SMARTS) is 1. The fourth-order valence-corrected chi connectivity index (χ4v) is 3.88. The molecule has 2 heterocycles. The summed E-state index contributed by atoms with van der Waals surface area (Å²) in [5.74, 6) is -2.37. The van der Waals surface area contributed by atoms with Gasteiger partial charge in [0.25, 0.3) is 0 Å². The van der Waals surface area contributed by atoms with E-state index in [0.29, 0.717) is 17.7 Å². The number of amides is 2. The van der Waals surface area contributed by atoms with Crippen LogP contribution in [0.4, 0.5) is 0 Å². The van der Waals surface area contributed by atoms with Gasteiger partial charge < -0.3 is 5.11 Å². The van der Waals surface area contributed by atoms with Gasteiger partial charge in [-0.05, 0) is 24.3 Å². The van der Waals surface area contributed by atoms with Crippen LogP contribution in [0.1, 0.15) is 30.2 Å². The molecule has 1 N–H and O–H groups in total. The minimum atomic E-state index is -1.16. The average Bonchev–Trinajstić information content (AvgIpc) is 3.06. The Bertz CT molecular complexity index is 517. The van der Waals surface area contributed by atoms with Crippen LogP contribution in [0.2, 0.25) is 0 Å². The van der Waals surface area contributed by atoms with Gasteiger partial charge in [-0.25, -0.2) is 4.79 Å². The van der Waals surface area contributed by atoms with Gasteiger partial charge in [0.2, 0.25) is 11.8 Å². The molecule has 2 amide bonds. The molecule has 3 atom stereocenters. The summed E-state index contributed by atoms with van der Waals surface area (Å²) < 4.78 is 0. The maximum Gasteiger partial charge on any atom is 0.332 e. The van der Waals surface area contributed by atoms with Gasteiger partial charge in [0.1, 0.15) is 0 Å². The Morgan fingerprint density at radius 1 is 1.32 bits per heavy atom. The third-order valence-corrected chi connectivity index (χ3v) is 4.85. The molecule has 1 aliphatic heterocycles. The highest BCUT2D eigenvalue weighted by atomic mass is 32.1. The zero-order chi connectivity index (χ0) is 13.6. The first-order chi connectivity index (χ1) is 9.11. The fourth-order valence-electron chi connectivity index (χ4n) is 3.08. The minimum absolute atomic E-state index is 0.297. The fraction of sp³-hybridized carbons (Fsp3) is 0.462. The number of carbonyl (C=O) groups is 3. The van der Waals surface area contributed by atoms with Gasteiger partial charge >= 0.3 is 5.97 Å². The van der Waals surface area contributed by atoms with Crippen molar-refractivity contribution in [3.8, 4) is 0 Å². The molecule has 6 heteroatoms. The first-order valence-electron chi connectivity index (χ1n) is 6.24. The van der Waals surface area contributed by atoms with Crippen LogP contribution in [0.5, 0.6) is 0 Å². The lowest BCUT2D eigenvalue weighted by Gasteiger charge is -2.22. The number of hydrogen-bond donors (Lipinski definition) is 1. The molecule has 2 fully saturated rings. The van der Waals surface area contributed by atoms with Gasteiger partial charge in [-0.3, -0.25) is 14.5 Å². The summed E-state index contributed by atoms with van der Waals surface area (Å²) in [6.45, 7) is 0. The van der Waals surface area contributed by atoms with Crippen LogP contribution in [0.25, 0.3) is 0 Å². The Kier molecular flexibility index (Phi) is 2.89. The Morgan fingerprint density at radius 3 is 2.42 bits per heavy atom. The molecule has 19 heavy (non-hydrogen) atoms. The summed E-state index contributed by atoms with van der Waals surface area (Å²) in [4.78, 5) is 37.5. The molecule has 0 aromatic carbocycles. The zero-order valence-corrected chi connectivity index (χ0v) is 10.9. The standard InChI is InChI=1S/C13H13NO4S/c15-11-7-3-1-4-8(7)12(16)14(11)10(13(17)18)9-5-2-6-19-9/h2,5-8,10H,1,3-4H2,(H,17,18). The molecule has 1 aliphatic carbocycles. The zero-order valence-electron chi connectivity index (χ0n) is 10.1. The van der Waals surface area contributed by atoms with E-state index in [1.165, 1.54) is 11.3 Å². The molecule has 1 saturated carbocycles. The number of rotatable bonds is 3. The molecule has 1 aromatic rings. The first-order valence-corrected chi connectivity index (χ1v) is 7.12. The Morgan fingerprint density at radius 2 is 1.95 bits per heavy atom. The van der Waals surface area contributed by atoms with Crippen molar-refractivity contribution in [1.29, 1.82) is 0 Å². The summed E-state index contributed by atoms with van der Waals surface area (Å²) in [6, 6.07) is 2.21. The summed E-state index contributed by atoms with van der Waals surface area (Å²) in [6.07, 6.45) is 2.27. The van der Waals surface area contributed by atoms with E-state index in [0.717, 1.165) is 11.3 Å². The van der Waals surface area contributed by atoms with Crippen molar-refractivity contribution in [1.82, 2.24) is 4.90 Å². The second-order valence-electron chi connectivity index (χ2n) is 4.95. The number of carboxylic acids is 1. The third kappa shape index (κ3) is 1.78. The Balaban J connectivity index is 1.98. The SMILES string of the molecule is O=C(O)C(c1cccs1)N1C(=O)C2CCCC2C1=O. The number of fused-ring (bicyclic) bond motifs is 1. The maximum atomic E-state index is 12.3. The molecular weight excluding hydrogens is 266 g/mol. The van der Waals surface area contributed by atoms with E-state index in [9.17, 15) is 19.5 Å². The number of carbonyl (C=O) groups excluding carboxylic acids is 2. The molecule has 0 radical (unpaired) electrons. The lowest BCUT2D eigenvalue weighted by atomic mass is 10.00. The highest BCUT2D eigenvalue weighted by Crippen LogP contribution is 2.43. The van der Waals surface area contributed by atoms with Crippen LogP contribution in [0, 0.1) is 11.8 Å². The summed E-state index contributed by atoms with van der Waals surface area (Å²) in [5.41, 5.74) is 0. The van der Waals surface area contributed by atoms with E-state index in [-0.39, 0.29) is 23.7 Å². The smallest absolute Gasteiger partial charge is 0.332 e. The second-order valence-corrected chi connectivity index (χ2v) is 5.93. The van der Waals surface area contributed by atoms with Gasteiger partial charge in [0, 0.05) is 4.88 Å². The van der Waals surface area contributed by atoms with Crippen LogP contribution in [0.3, 0.4) is 0 Å². The van der Waals surface area contributed by atoms with Crippen LogP contribution in [-0.2, 0) is 14.4 Å². The number of likely N-dealkylation sites (tertiary alicyclic amines) is 1. The quantitative estimate of drug-likeness (QED) is 0.854. The lowest BCUT2D eigenvalue weighted by molar-refractivity contribution is -0.155. The number of hydrogen-bond acceptors (Lipinski definition) is 4. The van der Waals surface area contributed by atoms with Crippen molar-refractivity contribution in [3.63, 3.8) is 0 Å². The topological polar surface area (TPSA) is 74.7 Å². The normalized spacial score (nSPS) is 27.7. The van der Waals surface area contributed by atoms with E-state index in [4.69, 9.17) is 0 Å². The number of nitrogens with zero attached hydrogens (tertiary/aromatic N) is 1. The monoisotopic (exact) mass is 279 g/mol. The molecule has 0 spiro atoms. The van der Waals surface area contributed by atoms with E-state index in [1.807, 2.05) is 0 Å². The van der Waals surface area contributed by atoms with Crippen molar-refractivity contribution in [2.45, 2.75) is 25.3 Å². The third-order valence-electron chi connectivity index (χ3n) is 3.93. The predicted molar refractivity (Wildman–Crippen MR) is 67.4 cm³/mol. The Labute approximate surface area is 113 Å². The van der Waals surface area contributed by atoms with Crippen LogP contribution in [0.15, 0.2) is 17.5 Å². The number of aliphatic carboxylic acids is 1. The lowest BCUT2D eigenvalue weighted by Crippen LogP contribution is -2.39. The predicted octanol–water partition coefficient (Wildman–Crippen LogP) is 1.66. The van der Waals surface area contributed by atoms with E-state index in [1.54, 1.807) is 17.5 Å². The molecule has 3 unspecified atom stereocenters. The maximum absolute atomic E-state index is 12.3. The molecule has 1 saturated heterocycles. The minimum Gasteiger partial charge on any atom is -0.479 e. The van der Waals surface area contributed by atoms with Crippen molar-refractivity contribution in [2.75, 3.05) is 0 Å².